The molecule has 0 radical (unpaired) electrons. The highest BCUT2D eigenvalue weighted by Crippen LogP contribution is 2.28. The zero-order valence-electron chi connectivity index (χ0n) is 26.8. The fourth-order valence-electron chi connectivity index (χ4n) is 4.22. The molecule has 0 saturated carbocycles. The first-order valence-corrected chi connectivity index (χ1v) is 14.3. The van der Waals surface area contributed by atoms with Crippen LogP contribution in [-0.4, -0.2) is 115 Å². The maximum atomic E-state index is 10.6. The van der Waals surface area contributed by atoms with Gasteiger partial charge in [0.25, 0.3) is 0 Å². The minimum absolute atomic E-state index is 0.205. The molecule has 1 aliphatic heterocycles. The van der Waals surface area contributed by atoms with E-state index in [2.05, 4.69) is 56.4 Å². The molecule has 1 aliphatic rings. The molecule has 22 heteroatoms. The molecule has 1 atom stereocenters. The van der Waals surface area contributed by atoms with E-state index in [0.717, 1.165) is 54.3 Å². The third-order valence-electron chi connectivity index (χ3n) is 6.79. The summed E-state index contributed by atoms with van der Waals surface area (Å²) in [6.07, 6.45) is -9.60. The molecule has 1 saturated heterocycles. The molecule has 1 fully saturated rings. The summed E-state index contributed by atoms with van der Waals surface area (Å²) in [5.74, 6) is -7.38. The number of hydrogen-bond donors (Lipinski definition) is 3. The lowest BCUT2D eigenvalue weighted by Gasteiger charge is -2.38. The molecular weight excluding hydrogens is 727 g/mol. The van der Waals surface area contributed by atoms with Crippen LogP contribution in [0.5, 0.6) is 5.75 Å². The van der Waals surface area contributed by atoms with Gasteiger partial charge in [-0.1, -0.05) is 23.4 Å². The second kappa shape index (κ2) is 18.1. The van der Waals surface area contributed by atoms with E-state index in [1.165, 1.54) is 5.56 Å². The standard InChI is InChI=1S/C24H26N6O.3C2HF3O2/c1-28-13-14-29(15-18-3-6-21(31-2)7-4-18)17-23(28)24-22-8-5-20(16-30(22)27-26-24)19-9-11-25-12-10-19;3*3-2(4,5)1(6)7/h3-12,16,23H,13-15,17H2,1-2H3;3*(H,6,7). The molecule has 4 heterocycles. The summed E-state index contributed by atoms with van der Waals surface area (Å²) in [6.45, 7) is 3.86. The lowest BCUT2D eigenvalue weighted by molar-refractivity contribution is -0.193. The van der Waals surface area contributed by atoms with E-state index >= 15 is 0 Å². The summed E-state index contributed by atoms with van der Waals surface area (Å²) in [6, 6.07) is 16.8. The number of hydrogen-bond acceptors (Lipinski definition) is 9. The summed E-state index contributed by atoms with van der Waals surface area (Å²) < 4.78 is 102. The van der Waals surface area contributed by atoms with Gasteiger partial charge in [0.2, 0.25) is 0 Å². The van der Waals surface area contributed by atoms with Crippen LogP contribution >= 0.6 is 0 Å². The molecule has 0 spiro atoms. The first-order chi connectivity index (χ1) is 24.0. The molecule has 3 N–H and O–H groups in total. The van der Waals surface area contributed by atoms with E-state index in [9.17, 15) is 39.5 Å². The minimum Gasteiger partial charge on any atom is -0.497 e. The van der Waals surface area contributed by atoms with Crippen LogP contribution in [0.1, 0.15) is 17.3 Å². The molecule has 0 bridgehead atoms. The summed E-state index contributed by atoms with van der Waals surface area (Å²) in [4.78, 5) is 35.7. The third kappa shape index (κ3) is 13.3. The first-order valence-electron chi connectivity index (χ1n) is 14.3. The molecule has 0 aliphatic carbocycles. The fourth-order valence-corrected chi connectivity index (χ4v) is 4.22. The van der Waals surface area contributed by atoms with E-state index in [4.69, 9.17) is 34.4 Å². The van der Waals surface area contributed by atoms with Gasteiger partial charge >= 0.3 is 36.4 Å². The zero-order valence-corrected chi connectivity index (χ0v) is 26.8. The minimum atomic E-state index is -5.08. The van der Waals surface area contributed by atoms with E-state index in [-0.39, 0.29) is 6.04 Å². The van der Waals surface area contributed by atoms with Crippen LogP contribution in [0.4, 0.5) is 39.5 Å². The van der Waals surface area contributed by atoms with Crippen LogP contribution in [-0.2, 0) is 20.9 Å². The number of carbonyl (C=O) groups is 3. The molecule has 13 nitrogen and oxygen atoms in total. The Balaban J connectivity index is 0.000000365. The highest BCUT2D eigenvalue weighted by molar-refractivity contribution is 5.73. The van der Waals surface area contributed by atoms with Crippen molar-refractivity contribution in [3.05, 3.63) is 78.4 Å². The highest BCUT2D eigenvalue weighted by atomic mass is 19.4. The number of aliphatic carboxylic acids is 3. The van der Waals surface area contributed by atoms with Crippen LogP contribution in [0.3, 0.4) is 0 Å². The van der Waals surface area contributed by atoms with Crippen molar-refractivity contribution < 1.29 is 74.0 Å². The van der Waals surface area contributed by atoms with E-state index in [1.807, 2.05) is 35.0 Å². The van der Waals surface area contributed by atoms with Crippen molar-refractivity contribution in [2.45, 2.75) is 31.1 Å². The number of carboxylic acid groups (broad SMARTS) is 3. The monoisotopic (exact) mass is 756 g/mol. The second-order valence-electron chi connectivity index (χ2n) is 10.4. The molecule has 1 aromatic carbocycles. The van der Waals surface area contributed by atoms with Gasteiger partial charge in [0.15, 0.2) is 0 Å². The number of alkyl halides is 9. The summed E-state index contributed by atoms with van der Waals surface area (Å²) in [7, 11) is 3.87. The number of aromatic nitrogens is 4. The lowest BCUT2D eigenvalue weighted by Crippen LogP contribution is -2.46. The van der Waals surface area contributed by atoms with Gasteiger partial charge in [-0.05, 0) is 48.5 Å². The van der Waals surface area contributed by atoms with Crippen LogP contribution in [0, 0.1) is 0 Å². The number of fused-ring (bicyclic) bond motifs is 1. The second-order valence-corrected chi connectivity index (χ2v) is 10.4. The van der Waals surface area contributed by atoms with Gasteiger partial charge in [0.1, 0.15) is 11.4 Å². The van der Waals surface area contributed by atoms with Crippen LogP contribution in [0.15, 0.2) is 67.1 Å². The van der Waals surface area contributed by atoms with Crippen molar-refractivity contribution in [2.75, 3.05) is 33.8 Å². The van der Waals surface area contributed by atoms with Crippen molar-refractivity contribution in [2.24, 2.45) is 0 Å². The SMILES string of the molecule is COc1ccc(CN2CCN(C)C(c3nnn4cc(-c5ccncc5)ccc34)C2)cc1.O=C(O)C(F)(F)F.O=C(O)C(F)(F)F.O=C(O)C(F)(F)F. The van der Waals surface area contributed by atoms with E-state index < -0.39 is 36.4 Å². The summed E-state index contributed by atoms with van der Waals surface area (Å²) >= 11 is 0. The Morgan fingerprint density at radius 3 is 1.73 bits per heavy atom. The number of benzene rings is 1. The van der Waals surface area contributed by atoms with Crippen molar-refractivity contribution in [1.29, 1.82) is 0 Å². The Kier molecular flexibility index (Phi) is 14.9. The number of ether oxygens (including phenoxy) is 1. The normalized spacial score (nSPS) is 15.2. The Morgan fingerprint density at radius 1 is 0.769 bits per heavy atom. The quantitative estimate of drug-likeness (QED) is 0.228. The Hall–Kier alpha value is -5.51. The molecule has 284 valence electrons. The summed E-state index contributed by atoms with van der Waals surface area (Å²) in [5, 5.41) is 30.4. The Morgan fingerprint density at radius 2 is 1.27 bits per heavy atom. The van der Waals surface area contributed by atoms with Crippen LogP contribution in [0.2, 0.25) is 0 Å². The van der Waals surface area contributed by atoms with Crippen molar-refractivity contribution in [3.8, 4) is 16.9 Å². The van der Waals surface area contributed by atoms with Gasteiger partial charge in [0, 0.05) is 50.3 Å². The Labute approximate surface area is 287 Å². The molecule has 5 rings (SSSR count). The van der Waals surface area contributed by atoms with Gasteiger partial charge in [-0.2, -0.15) is 39.5 Å². The van der Waals surface area contributed by atoms with Crippen molar-refractivity contribution in [3.63, 3.8) is 0 Å². The number of rotatable bonds is 5. The van der Waals surface area contributed by atoms with Crippen LogP contribution in [0.25, 0.3) is 16.6 Å². The predicted molar refractivity (Wildman–Crippen MR) is 161 cm³/mol. The molecule has 4 aromatic rings. The molecule has 1 unspecified atom stereocenters. The van der Waals surface area contributed by atoms with Crippen LogP contribution < -0.4 is 4.74 Å². The average Bonchev–Trinajstić information content (AvgIpc) is 3.49. The maximum absolute atomic E-state index is 10.6. The van der Waals surface area contributed by atoms with Gasteiger partial charge in [0.05, 0.1) is 18.7 Å². The maximum Gasteiger partial charge on any atom is 0.490 e. The number of methoxy groups -OCH3 is 1. The first kappa shape index (κ1) is 42.7. The molecular formula is C30H29F9N6O7. The smallest absolute Gasteiger partial charge is 0.490 e. The Bertz CT molecular complexity index is 1710. The zero-order chi connectivity index (χ0) is 39.4. The fraction of sp³-hybridized carbons (Fsp3) is 0.333. The number of nitrogens with zero attached hydrogens (tertiary/aromatic N) is 6. The molecule has 3 aromatic heterocycles. The third-order valence-corrected chi connectivity index (χ3v) is 6.79. The predicted octanol–water partition coefficient (Wildman–Crippen LogP) is 5.19. The number of likely N-dealkylation sites (N-methyl/N-ethyl adjacent to an activating group) is 1. The highest BCUT2D eigenvalue weighted by Gasteiger charge is 2.39. The van der Waals surface area contributed by atoms with Gasteiger partial charge in [-0.3, -0.25) is 14.8 Å². The number of carboxylic acids is 3. The largest absolute Gasteiger partial charge is 0.497 e. The van der Waals surface area contributed by atoms with Gasteiger partial charge < -0.3 is 20.1 Å². The van der Waals surface area contributed by atoms with Gasteiger partial charge in [-0.15, -0.1) is 5.10 Å². The van der Waals surface area contributed by atoms with Crippen molar-refractivity contribution >= 4 is 23.4 Å². The van der Waals surface area contributed by atoms with E-state index in [0.29, 0.717) is 0 Å². The molecule has 0 amide bonds. The summed E-state index contributed by atoms with van der Waals surface area (Å²) in [5.41, 5.74) is 5.60. The number of piperazine rings is 1. The lowest BCUT2D eigenvalue weighted by atomic mass is 10.1. The number of halogens is 9. The van der Waals surface area contributed by atoms with Gasteiger partial charge in [-0.25, -0.2) is 18.9 Å². The molecule has 52 heavy (non-hydrogen) atoms. The topological polar surface area (TPSA) is 171 Å². The van der Waals surface area contributed by atoms with E-state index in [1.54, 1.807) is 19.5 Å². The average molecular weight is 757 g/mol. The number of pyridine rings is 2. The van der Waals surface area contributed by atoms with Crippen molar-refractivity contribution in [1.82, 2.24) is 29.6 Å².